The largest absolute Gasteiger partial charge is 0.304 e. The molecule has 0 aliphatic carbocycles. The Morgan fingerprint density at radius 3 is 2.00 bits per heavy atom. The summed E-state index contributed by atoms with van der Waals surface area (Å²) in [6.07, 6.45) is 0. The van der Waals surface area contributed by atoms with Crippen molar-refractivity contribution in [1.82, 2.24) is 9.80 Å². The lowest BCUT2D eigenvalue weighted by molar-refractivity contribution is 0.127. The molecule has 0 radical (unpaired) electrons. The fourth-order valence-corrected chi connectivity index (χ4v) is 3.17. The third-order valence-electron chi connectivity index (χ3n) is 4.38. The van der Waals surface area contributed by atoms with Gasteiger partial charge in [-0.05, 0) is 25.1 Å². The Balaban J connectivity index is 0.00000132. The fourth-order valence-electron chi connectivity index (χ4n) is 3.17. The van der Waals surface area contributed by atoms with Gasteiger partial charge in [-0.15, -0.1) is 24.8 Å². The van der Waals surface area contributed by atoms with Crippen molar-refractivity contribution in [1.29, 1.82) is 0 Å². The van der Waals surface area contributed by atoms with Gasteiger partial charge in [-0.2, -0.15) is 0 Å². The minimum Gasteiger partial charge on any atom is -0.304 e. The van der Waals surface area contributed by atoms with Gasteiger partial charge < -0.3 is 4.90 Å². The van der Waals surface area contributed by atoms with Gasteiger partial charge in [0.15, 0.2) is 0 Å². The Bertz CT molecular complexity index is 581. The van der Waals surface area contributed by atoms with E-state index in [1.54, 1.807) is 0 Å². The molecule has 1 atom stereocenters. The van der Waals surface area contributed by atoms with Crippen LogP contribution < -0.4 is 0 Å². The van der Waals surface area contributed by atoms with Crippen LogP contribution in [0, 0.1) is 6.92 Å². The van der Waals surface area contributed by atoms with Gasteiger partial charge in [0, 0.05) is 26.2 Å². The van der Waals surface area contributed by atoms with Crippen LogP contribution in [0.2, 0.25) is 0 Å². The number of hydrogen-bond donors (Lipinski definition) is 0. The Kier molecular flexibility index (Phi) is 8.07. The summed E-state index contributed by atoms with van der Waals surface area (Å²) in [5.41, 5.74) is 4.14. The van der Waals surface area contributed by atoms with Gasteiger partial charge in [0.1, 0.15) is 0 Å². The minimum absolute atomic E-state index is 0. The van der Waals surface area contributed by atoms with Crippen LogP contribution in [0.25, 0.3) is 0 Å². The summed E-state index contributed by atoms with van der Waals surface area (Å²) in [5.74, 6) is 0. The zero-order valence-electron chi connectivity index (χ0n) is 13.8. The van der Waals surface area contributed by atoms with Crippen LogP contribution in [0.3, 0.4) is 0 Å². The van der Waals surface area contributed by atoms with Crippen LogP contribution in [0.5, 0.6) is 0 Å². The quantitative estimate of drug-likeness (QED) is 0.817. The molecule has 1 aliphatic rings. The molecule has 1 aliphatic heterocycles. The first kappa shape index (κ1) is 20.0. The summed E-state index contributed by atoms with van der Waals surface area (Å²) < 4.78 is 0. The maximum atomic E-state index is 2.62. The van der Waals surface area contributed by atoms with Crippen LogP contribution in [-0.4, -0.2) is 43.0 Å². The normalized spacial score (nSPS) is 17.0. The number of likely N-dealkylation sites (N-methyl/N-ethyl adjacent to an activating group) is 1. The molecule has 126 valence electrons. The standard InChI is InChI=1S/C19H24N2.2ClH/c1-16-7-6-10-18(15-16)19(17-8-4-3-5-9-17)21-13-11-20(2)12-14-21;;/h3-10,15,19H,11-14H2,1-2H3;2*1H. The first-order valence-electron chi connectivity index (χ1n) is 7.78. The number of rotatable bonds is 3. The number of hydrogen-bond acceptors (Lipinski definition) is 2. The monoisotopic (exact) mass is 352 g/mol. The van der Waals surface area contributed by atoms with Gasteiger partial charge in [-0.1, -0.05) is 60.2 Å². The molecular weight excluding hydrogens is 327 g/mol. The molecular formula is C19H26Cl2N2. The molecule has 1 unspecified atom stereocenters. The van der Waals surface area contributed by atoms with E-state index in [1.807, 2.05) is 0 Å². The van der Waals surface area contributed by atoms with E-state index < -0.39 is 0 Å². The lowest BCUT2D eigenvalue weighted by Gasteiger charge is -2.38. The highest BCUT2D eigenvalue weighted by molar-refractivity contribution is 5.85. The van der Waals surface area contributed by atoms with E-state index in [1.165, 1.54) is 16.7 Å². The van der Waals surface area contributed by atoms with Gasteiger partial charge in [0.2, 0.25) is 0 Å². The molecule has 1 fully saturated rings. The molecule has 2 aromatic carbocycles. The fraction of sp³-hybridized carbons (Fsp3) is 0.368. The molecule has 0 bridgehead atoms. The highest BCUT2D eigenvalue weighted by atomic mass is 35.5. The lowest BCUT2D eigenvalue weighted by atomic mass is 9.95. The molecule has 4 heteroatoms. The third kappa shape index (κ3) is 4.95. The minimum atomic E-state index is 0. The molecule has 0 N–H and O–H groups in total. The maximum Gasteiger partial charge on any atom is 0.0602 e. The molecule has 1 saturated heterocycles. The lowest BCUT2D eigenvalue weighted by Crippen LogP contribution is -2.46. The smallest absolute Gasteiger partial charge is 0.0602 e. The second-order valence-electron chi connectivity index (χ2n) is 6.07. The van der Waals surface area contributed by atoms with E-state index in [0.717, 1.165) is 26.2 Å². The number of aryl methyl sites for hydroxylation is 1. The van der Waals surface area contributed by atoms with Gasteiger partial charge in [0.25, 0.3) is 0 Å². The summed E-state index contributed by atoms with van der Waals surface area (Å²) in [4.78, 5) is 5.03. The van der Waals surface area contributed by atoms with Gasteiger partial charge >= 0.3 is 0 Å². The van der Waals surface area contributed by atoms with Gasteiger partial charge in [-0.25, -0.2) is 0 Å². The van der Waals surface area contributed by atoms with E-state index in [0.29, 0.717) is 6.04 Å². The van der Waals surface area contributed by atoms with Crippen molar-refractivity contribution in [3.63, 3.8) is 0 Å². The third-order valence-corrected chi connectivity index (χ3v) is 4.38. The van der Waals surface area contributed by atoms with Crippen LogP contribution in [0.15, 0.2) is 54.6 Å². The van der Waals surface area contributed by atoms with E-state index in [2.05, 4.69) is 78.4 Å². The van der Waals surface area contributed by atoms with Crippen molar-refractivity contribution >= 4 is 24.8 Å². The Morgan fingerprint density at radius 1 is 0.783 bits per heavy atom. The van der Waals surface area contributed by atoms with Crippen LogP contribution in [0.4, 0.5) is 0 Å². The summed E-state index contributed by atoms with van der Waals surface area (Å²) >= 11 is 0. The van der Waals surface area contributed by atoms with E-state index in [4.69, 9.17) is 0 Å². The van der Waals surface area contributed by atoms with Crippen molar-refractivity contribution in [2.75, 3.05) is 33.2 Å². The average Bonchev–Trinajstić information content (AvgIpc) is 2.51. The molecule has 0 saturated carbocycles. The molecule has 2 aromatic rings. The summed E-state index contributed by atoms with van der Waals surface area (Å²) in [5, 5.41) is 0. The Morgan fingerprint density at radius 2 is 1.39 bits per heavy atom. The molecule has 0 amide bonds. The van der Waals surface area contributed by atoms with Crippen LogP contribution >= 0.6 is 24.8 Å². The van der Waals surface area contributed by atoms with E-state index >= 15 is 0 Å². The average molecular weight is 353 g/mol. The zero-order valence-corrected chi connectivity index (χ0v) is 15.4. The molecule has 2 nitrogen and oxygen atoms in total. The van der Waals surface area contributed by atoms with Crippen molar-refractivity contribution in [3.05, 3.63) is 71.3 Å². The van der Waals surface area contributed by atoms with Crippen LogP contribution in [0.1, 0.15) is 22.7 Å². The number of benzene rings is 2. The molecule has 3 rings (SSSR count). The first-order chi connectivity index (χ1) is 10.2. The Labute approximate surface area is 152 Å². The highest BCUT2D eigenvalue weighted by Gasteiger charge is 2.25. The zero-order chi connectivity index (χ0) is 14.7. The van der Waals surface area contributed by atoms with Crippen molar-refractivity contribution < 1.29 is 0 Å². The predicted molar refractivity (Wildman–Crippen MR) is 103 cm³/mol. The van der Waals surface area contributed by atoms with Crippen molar-refractivity contribution in [3.8, 4) is 0 Å². The first-order valence-corrected chi connectivity index (χ1v) is 7.78. The Hall–Kier alpha value is -1.06. The van der Waals surface area contributed by atoms with Crippen molar-refractivity contribution in [2.45, 2.75) is 13.0 Å². The topological polar surface area (TPSA) is 6.48 Å². The van der Waals surface area contributed by atoms with Gasteiger partial charge in [0.05, 0.1) is 6.04 Å². The summed E-state index contributed by atoms with van der Waals surface area (Å²) in [6, 6.07) is 20.2. The van der Waals surface area contributed by atoms with Crippen molar-refractivity contribution in [2.24, 2.45) is 0 Å². The van der Waals surface area contributed by atoms with E-state index in [-0.39, 0.29) is 24.8 Å². The highest BCUT2D eigenvalue weighted by Crippen LogP contribution is 2.29. The predicted octanol–water partition coefficient (Wildman–Crippen LogP) is 4.18. The van der Waals surface area contributed by atoms with Crippen LogP contribution in [-0.2, 0) is 0 Å². The second-order valence-corrected chi connectivity index (χ2v) is 6.07. The number of halogens is 2. The second kappa shape index (κ2) is 9.29. The number of piperazine rings is 1. The summed E-state index contributed by atoms with van der Waals surface area (Å²) in [7, 11) is 2.21. The maximum absolute atomic E-state index is 2.62. The van der Waals surface area contributed by atoms with E-state index in [9.17, 15) is 0 Å². The summed E-state index contributed by atoms with van der Waals surface area (Å²) in [6.45, 7) is 6.73. The molecule has 23 heavy (non-hydrogen) atoms. The number of nitrogens with zero attached hydrogens (tertiary/aromatic N) is 2. The SMILES string of the molecule is Cc1cccc(C(c2ccccc2)N2CCN(C)CC2)c1.Cl.Cl. The van der Waals surface area contributed by atoms with Gasteiger partial charge in [-0.3, -0.25) is 4.90 Å². The molecule has 1 heterocycles. The molecule has 0 spiro atoms. The molecule has 0 aromatic heterocycles.